The highest BCUT2D eigenvalue weighted by atomic mass is 35.5. The molecule has 0 aliphatic rings. The predicted octanol–water partition coefficient (Wildman–Crippen LogP) is 2.23. The maximum Gasteiger partial charge on any atom is 0.251 e. The van der Waals surface area contributed by atoms with Gasteiger partial charge < -0.3 is 10.4 Å². The Balaban J connectivity index is 2.61. The molecule has 0 saturated carbocycles. The number of aliphatic hydroxyl groups excluding tert-OH is 1. The van der Waals surface area contributed by atoms with Crippen LogP contribution < -0.4 is 5.32 Å². The highest BCUT2D eigenvalue weighted by Gasteiger charge is 2.12. The molecular formula is C12H15ClFNO2. The molecule has 0 aromatic heterocycles. The number of hydrogen-bond acceptors (Lipinski definition) is 2. The molecule has 0 fully saturated rings. The summed E-state index contributed by atoms with van der Waals surface area (Å²) in [6.45, 7) is 3.86. The molecule has 0 heterocycles. The Morgan fingerprint density at radius 2 is 2.18 bits per heavy atom. The fourth-order valence-electron chi connectivity index (χ4n) is 1.17. The minimum Gasteiger partial charge on any atom is -0.391 e. The number of carbonyl (C=O) groups is 1. The first-order valence-electron chi connectivity index (χ1n) is 5.33. The number of aliphatic hydroxyl groups is 1. The van der Waals surface area contributed by atoms with Crippen molar-refractivity contribution < 1.29 is 14.3 Å². The van der Waals surface area contributed by atoms with E-state index in [9.17, 15) is 14.3 Å². The first-order chi connectivity index (χ1) is 7.91. The Kier molecular flexibility index (Phi) is 4.90. The van der Waals surface area contributed by atoms with Crippen LogP contribution in [-0.4, -0.2) is 23.7 Å². The molecule has 1 rings (SSSR count). The number of halogens is 2. The highest BCUT2D eigenvalue weighted by molar-refractivity contribution is 6.31. The lowest BCUT2D eigenvalue weighted by Crippen LogP contribution is -2.34. The zero-order chi connectivity index (χ0) is 13.0. The molecule has 0 aliphatic heterocycles. The predicted molar refractivity (Wildman–Crippen MR) is 64.6 cm³/mol. The van der Waals surface area contributed by atoms with Crippen LogP contribution in [0.25, 0.3) is 0 Å². The molecule has 0 spiro atoms. The van der Waals surface area contributed by atoms with Gasteiger partial charge in [0, 0.05) is 12.1 Å². The van der Waals surface area contributed by atoms with Gasteiger partial charge in [0.2, 0.25) is 0 Å². The van der Waals surface area contributed by atoms with E-state index >= 15 is 0 Å². The largest absolute Gasteiger partial charge is 0.391 e. The Bertz CT molecular complexity index is 409. The molecule has 0 saturated heterocycles. The lowest BCUT2D eigenvalue weighted by molar-refractivity contribution is 0.0871. The van der Waals surface area contributed by atoms with Gasteiger partial charge in [0.25, 0.3) is 5.91 Å². The first kappa shape index (κ1) is 13.9. The number of nitrogens with one attached hydrogen (secondary N) is 1. The summed E-state index contributed by atoms with van der Waals surface area (Å²) in [4.78, 5) is 11.6. The van der Waals surface area contributed by atoms with E-state index in [0.29, 0.717) is 0 Å². The van der Waals surface area contributed by atoms with Gasteiger partial charge in [-0.2, -0.15) is 0 Å². The van der Waals surface area contributed by atoms with E-state index < -0.39 is 11.9 Å². The minimum absolute atomic E-state index is 0.0621. The molecule has 1 aromatic carbocycles. The standard InChI is InChI=1S/C12H15ClFNO2/c1-7(2)11(16)6-15-12(17)8-3-4-10(14)9(13)5-8/h3-5,7,11,16H,6H2,1-2H3,(H,15,17). The van der Waals surface area contributed by atoms with Crippen LogP contribution in [0.3, 0.4) is 0 Å². The molecule has 1 atom stereocenters. The van der Waals surface area contributed by atoms with Gasteiger partial charge in [0.1, 0.15) is 5.82 Å². The SMILES string of the molecule is CC(C)C(O)CNC(=O)c1ccc(F)c(Cl)c1. The van der Waals surface area contributed by atoms with Crippen LogP contribution in [0.4, 0.5) is 4.39 Å². The van der Waals surface area contributed by atoms with E-state index in [0.717, 1.165) is 6.07 Å². The van der Waals surface area contributed by atoms with Crippen LogP contribution in [0.5, 0.6) is 0 Å². The quantitative estimate of drug-likeness (QED) is 0.871. The summed E-state index contributed by atoms with van der Waals surface area (Å²) in [5, 5.41) is 12.0. The van der Waals surface area contributed by atoms with Crippen LogP contribution in [0.2, 0.25) is 5.02 Å². The third-order valence-corrected chi connectivity index (χ3v) is 2.71. The van der Waals surface area contributed by atoms with E-state index in [2.05, 4.69) is 5.32 Å². The molecule has 1 aromatic rings. The Labute approximate surface area is 105 Å². The van der Waals surface area contributed by atoms with Crippen LogP contribution >= 0.6 is 11.6 Å². The lowest BCUT2D eigenvalue weighted by Gasteiger charge is -2.15. The first-order valence-corrected chi connectivity index (χ1v) is 5.71. The number of rotatable bonds is 4. The highest BCUT2D eigenvalue weighted by Crippen LogP contribution is 2.15. The minimum atomic E-state index is -0.602. The van der Waals surface area contributed by atoms with E-state index in [1.165, 1.54) is 12.1 Å². The monoisotopic (exact) mass is 259 g/mol. The zero-order valence-electron chi connectivity index (χ0n) is 9.71. The second-order valence-electron chi connectivity index (χ2n) is 4.15. The second-order valence-corrected chi connectivity index (χ2v) is 4.56. The van der Waals surface area contributed by atoms with Crippen molar-refractivity contribution in [2.24, 2.45) is 5.92 Å². The summed E-state index contributed by atoms with van der Waals surface area (Å²) in [6, 6.07) is 3.74. The van der Waals surface area contributed by atoms with Crippen molar-refractivity contribution in [2.75, 3.05) is 6.54 Å². The lowest BCUT2D eigenvalue weighted by atomic mass is 10.1. The van der Waals surface area contributed by atoms with Crippen molar-refractivity contribution in [3.63, 3.8) is 0 Å². The van der Waals surface area contributed by atoms with Crippen molar-refractivity contribution in [2.45, 2.75) is 20.0 Å². The molecular weight excluding hydrogens is 245 g/mol. The van der Waals surface area contributed by atoms with Crippen molar-refractivity contribution in [3.8, 4) is 0 Å². The third kappa shape index (κ3) is 3.98. The zero-order valence-corrected chi connectivity index (χ0v) is 10.5. The molecule has 2 N–H and O–H groups in total. The number of benzene rings is 1. The Morgan fingerprint density at radius 3 is 2.71 bits per heavy atom. The average molecular weight is 260 g/mol. The third-order valence-electron chi connectivity index (χ3n) is 2.42. The molecule has 1 amide bonds. The fourth-order valence-corrected chi connectivity index (χ4v) is 1.35. The maximum absolute atomic E-state index is 12.9. The normalized spacial score (nSPS) is 12.6. The van der Waals surface area contributed by atoms with Gasteiger partial charge in [-0.1, -0.05) is 25.4 Å². The van der Waals surface area contributed by atoms with Gasteiger partial charge in [0.05, 0.1) is 11.1 Å². The molecule has 0 aliphatic carbocycles. The van der Waals surface area contributed by atoms with Gasteiger partial charge >= 0.3 is 0 Å². The van der Waals surface area contributed by atoms with Crippen molar-refractivity contribution in [1.82, 2.24) is 5.32 Å². The average Bonchev–Trinajstić information content (AvgIpc) is 2.28. The van der Waals surface area contributed by atoms with Crippen LogP contribution in [-0.2, 0) is 0 Å². The van der Waals surface area contributed by atoms with Gasteiger partial charge in [-0.25, -0.2) is 4.39 Å². The molecule has 0 bridgehead atoms. The van der Waals surface area contributed by atoms with Crippen LogP contribution in [0, 0.1) is 11.7 Å². The Morgan fingerprint density at radius 1 is 1.53 bits per heavy atom. The van der Waals surface area contributed by atoms with E-state index in [4.69, 9.17) is 11.6 Å². The molecule has 3 nitrogen and oxygen atoms in total. The van der Waals surface area contributed by atoms with Crippen molar-refractivity contribution in [1.29, 1.82) is 0 Å². The summed E-state index contributed by atoms with van der Waals surface area (Å²) in [5.74, 6) is -0.885. The van der Waals surface area contributed by atoms with E-state index in [-0.39, 0.29) is 29.0 Å². The molecule has 94 valence electrons. The van der Waals surface area contributed by atoms with Gasteiger partial charge in [-0.3, -0.25) is 4.79 Å². The van der Waals surface area contributed by atoms with E-state index in [1.807, 2.05) is 13.8 Å². The van der Waals surface area contributed by atoms with Gasteiger partial charge in [-0.05, 0) is 24.1 Å². The number of carbonyl (C=O) groups excluding carboxylic acids is 1. The van der Waals surface area contributed by atoms with Gasteiger partial charge in [-0.15, -0.1) is 0 Å². The number of hydrogen-bond donors (Lipinski definition) is 2. The topological polar surface area (TPSA) is 49.3 Å². The molecule has 0 radical (unpaired) electrons. The summed E-state index contributed by atoms with van der Waals surface area (Å²) < 4.78 is 12.9. The van der Waals surface area contributed by atoms with E-state index in [1.54, 1.807) is 0 Å². The van der Waals surface area contributed by atoms with Crippen LogP contribution in [0.1, 0.15) is 24.2 Å². The molecule has 5 heteroatoms. The summed E-state index contributed by atoms with van der Waals surface area (Å²) in [5.41, 5.74) is 0.271. The Hall–Kier alpha value is -1.13. The summed E-state index contributed by atoms with van der Waals surface area (Å²) in [6.07, 6.45) is -0.602. The summed E-state index contributed by atoms with van der Waals surface area (Å²) in [7, 11) is 0. The number of amides is 1. The fraction of sp³-hybridized carbons (Fsp3) is 0.417. The summed E-state index contributed by atoms with van der Waals surface area (Å²) >= 11 is 5.57. The second kappa shape index (κ2) is 5.98. The van der Waals surface area contributed by atoms with Crippen molar-refractivity contribution >= 4 is 17.5 Å². The smallest absolute Gasteiger partial charge is 0.251 e. The molecule has 1 unspecified atom stereocenters. The van der Waals surface area contributed by atoms with Crippen molar-refractivity contribution in [3.05, 3.63) is 34.6 Å². The molecule has 17 heavy (non-hydrogen) atoms. The van der Waals surface area contributed by atoms with Crippen LogP contribution in [0.15, 0.2) is 18.2 Å². The maximum atomic E-state index is 12.9. The van der Waals surface area contributed by atoms with Gasteiger partial charge in [0.15, 0.2) is 0 Å².